The zero-order valence-corrected chi connectivity index (χ0v) is 13.8. The van der Waals surface area contributed by atoms with Gasteiger partial charge in [-0.3, -0.25) is 4.21 Å². The minimum atomic E-state index is -0.671. The fourth-order valence-corrected chi connectivity index (χ4v) is 4.35. The van der Waals surface area contributed by atoms with Crippen LogP contribution in [0.1, 0.15) is 37.0 Å². The largest absolute Gasteiger partial charge is 0.497 e. The minimum Gasteiger partial charge on any atom is -0.497 e. The predicted octanol–water partition coefficient (Wildman–Crippen LogP) is 3.43. The van der Waals surface area contributed by atoms with Crippen molar-refractivity contribution in [3.05, 3.63) is 24.0 Å². The van der Waals surface area contributed by atoms with Crippen LogP contribution in [0.15, 0.2) is 18.2 Å². The van der Waals surface area contributed by atoms with Crippen LogP contribution in [0.5, 0.6) is 5.75 Å². The second-order valence-electron chi connectivity index (χ2n) is 5.39. The number of alkyl halides is 1. The van der Waals surface area contributed by atoms with Crippen molar-refractivity contribution < 1.29 is 8.95 Å². The van der Waals surface area contributed by atoms with E-state index < -0.39 is 10.8 Å². The summed E-state index contributed by atoms with van der Waals surface area (Å²) in [6.45, 7) is 1.94. The molecule has 114 valence electrons. The maximum Gasteiger partial charge on any atom is 0.127 e. The number of imidazole rings is 1. The Balaban J connectivity index is 2.12. The van der Waals surface area contributed by atoms with Crippen molar-refractivity contribution in [1.82, 2.24) is 9.55 Å². The molecule has 2 aromatic rings. The molecule has 1 unspecified atom stereocenters. The van der Waals surface area contributed by atoms with Gasteiger partial charge in [-0.15, -0.1) is 11.6 Å². The third-order valence-electron chi connectivity index (χ3n) is 4.00. The predicted molar refractivity (Wildman–Crippen MR) is 86.7 cm³/mol. The number of halogens is 1. The topological polar surface area (TPSA) is 44.1 Å². The first-order valence-corrected chi connectivity index (χ1v) is 9.07. The van der Waals surface area contributed by atoms with E-state index in [-0.39, 0.29) is 5.38 Å². The van der Waals surface area contributed by atoms with E-state index in [1.807, 2.05) is 25.1 Å². The molecule has 3 rings (SSSR count). The smallest absolute Gasteiger partial charge is 0.127 e. The third kappa shape index (κ3) is 2.81. The Hall–Kier alpha value is -1.07. The molecule has 1 fully saturated rings. The fourth-order valence-electron chi connectivity index (χ4n) is 2.92. The van der Waals surface area contributed by atoms with Crippen molar-refractivity contribution in [3.63, 3.8) is 0 Å². The molecule has 0 bridgehead atoms. The van der Waals surface area contributed by atoms with Gasteiger partial charge >= 0.3 is 0 Å². The van der Waals surface area contributed by atoms with E-state index in [9.17, 15) is 4.21 Å². The van der Waals surface area contributed by atoms with Crippen LogP contribution in [-0.4, -0.2) is 32.4 Å². The van der Waals surface area contributed by atoms with Gasteiger partial charge < -0.3 is 9.30 Å². The van der Waals surface area contributed by atoms with Crippen molar-refractivity contribution in [3.8, 4) is 5.75 Å². The Labute approximate surface area is 131 Å². The van der Waals surface area contributed by atoms with E-state index in [4.69, 9.17) is 16.3 Å². The summed E-state index contributed by atoms with van der Waals surface area (Å²) in [5.74, 6) is 3.21. The standard InChI is InChI=1S/C15H19ClN2O2S/c1-10(16)15-17-13-4-3-12(20-2)9-14(13)18(15)11-5-7-21(19)8-6-11/h3-4,9-11H,5-8H2,1-2H3. The summed E-state index contributed by atoms with van der Waals surface area (Å²) in [7, 11) is 0.992. The van der Waals surface area contributed by atoms with Gasteiger partial charge in [0.2, 0.25) is 0 Å². The molecule has 0 saturated carbocycles. The molecule has 1 aromatic carbocycles. The molecule has 1 aliphatic heterocycles. The molecule has 4 nitrogen and oxygen atoms in total. The van der Waals surface area contributed by atoms with Crippen LogP contribution >= 0.6 is 11.6 Å². The summed E-state index contributed by atoms with van der Waals surface area (Å²) in [4.78, 5) is 4.68. The molecule has 21 heavy (non-hydrogen) atoms. The van der Waals surface area contributed by atoms with E-state index in [0.717, 1.165) is 47.0 Å². The van der Waals surface area contributed by atoms with Crippen LogP contribution in [0, 0.1) is 0 Å². The molecule has 0 aliphatic carbocycles. The molecule has 0 spiro atoms. The Morgan fingerprint density at radius 1 is 1.43 bits per heavy atom. The Bertz CT molecular complexity index is 674. The van der Waals surface area contributed by atoms with Crippen LogP contribution in [0.4, 0.5) is 0 Å². The highest BCUT2D eigenvalue weighted by atomic mass is 35.5. The number of rotatable bonds is 3. The summed E-state index contributed by atoms with van der Waals surface area (Å²) in [6.07, 6.45) is 1.82. The molecule has 1 aliphatic rings. The molecule has 6 heteroatoms. The van der Waals surface area contributed by atoms with E-state index in [1.54, 1.807) is 7.11 Å². The lowest BCUT2D eigenvalue weighted by molar-refractivity contribution is 0.414. The molecule has 2 heterocycles. The maximum absolute atomic E-state index is 11.6. The molecular formula is C15H19ClN2O2S. The molecule has 1 saturated heterocycles. The van der Waals surface area contributed by atoms with Crippen molar-refractivity contribution in [2.24, 2.45) is 0 Å². The number of hydrogen-bond acceptors (Lipinski definition) is 3. The van der Waals surface area contributed by atoms with Crippen molar-refractivity contribution >= 4 is 33.4 Å². The van der Waals surface area contributed by atoms with Gasteiger partial charge in [0, 0.05) is 34.4 Å². The van der Waals surface area contributed by atoms with Gasteiger partial charge in [0.05, 0.1) is 23.5 Å². The Kier molecular flexibility index (Phi) is 4.22. The molecule has 0 amide bonds. The molecule has 1 aromatic heterocycles. The number of benzene rings is 1. The quantitative estimate of drug-likeness (QED) is 0.812. The van der Waals surface area contributed by atoms with Gasteiger partial charge in [-0.25, -0.2) is 4.98 Å². The first kappa shape index (κ1) is 14.9. The normalized spacial score (nSPS) is 24.1. The highest BCUT2D eigenvalue weighted by Crippen LogP contribution is 2.34. The number of fused-ring (bicyclic) bond motifs is 1. The van der Waals surface area contributed by atoms with Gasteiger partial charge in [-0.1, -0.05) is 0 Å². The third-order valence-corrected chi connectivity index (χ3v) is 5.58. The summed E-state index contributed by atoms with van der Waals surface area (Å²) >= 11 is 6.33. The monoisotopic (exact) mass is 326 g/mol. The lowest BCUT2D eigenvalue weighted by Crippen LogP contribution is -2.23. The second-order valence-corrected chi connectivity index (χ2v) is 7.74. The van der Waals surface area contributed by atoms with Gasteiger partial charge in [-0.05, 0) is 31.9 Å². The van der Waals surface area contributed by atoms with Gasteiger partial charge in [0.1, 0.15) is 11.6 Å². The van der Waals surface area contributed by atoms with Gasteiger partial charge in [-0.2, -0.15) is 0 Å². The summed E-state index contributed by atoms with van der Waals surface area (Å²) in [6, 6.07) is 6.21. The summed E-state index contributed by atoms with van der Waals surface area (Å²) in [5, 5.41) is -0.157. The number of ether oxygens (including phenoxy) is 1. The highest BCUT2D eigenvalue weighted by molar-refractivity contribution is 7.85. The average molecular weight is 327 g/mol. The fraction of sp³-hybridized carbons (Fsp3) is 0.533. The number of nitrogens with zero attached hydrogens (tertiary/aromatic N) is 2. The van der Waals surface area contributed by atoms with Crippen molar-refractivity contribution in [2.45, 2.75) is 31.2 Å². The van der Waals surface area contributed by atoms with Crippen LogP contribution < -0.4 is 4.74 Å². The summed E-state index contributed by atoms with van der Waals surface area (Å²) in [5.41, 5.74) is 1.99. The van der Waals surface area contributed by atoms with Crippen molar-refractivity contribution in [1.29, 1.82) is 0 Å². The minimum absolute atomic E-state index is 0.157. The van der Waals surface area contributed by atoms with E-state index in [2.05, 4.69) is 9.55 Å². The van der Waals surface area contributed by atoms with Crippen molar-refractivity contribution in [2.75, 3.05) is 18.6 Å². The SMILES string of the molecule is COc1ccc2nc(C(C)Cl)n(C3CCS(=O)CC3)c2c1. The van der Waals surface area contributed by atoms with Crippen LogP contribution in [-0.2, 0) is 10.8 Å². The van der Waals surface area contributed by atoms with Crippen LogP contribution in [0.25, 0.3) is 11.0 Å². The van der Waals surface area contributed by atoms with Crippen LogP contribution in [0.2, 0.25) is 0 Å². The molecule has 0 N–H and O–H groups in total. The molecule has 1 atom stereocenters. The average Bonchev–Trinajstić information content (AvgIpc) is 2.86. The van der Waals surface area contributed by atoms with E-state index in [0.29, 0.717) is 6.04 Å². The lowest BCUT2D eigenvalue weighted by Gasteiger charge is -2.26. The zero-order valence-electron chi connectivity index (χ0n) is 12.2. The van der Waals surface area contributed by atoms with E-state index >= 15 is 0 Å². The Morgan fingerprint density at radius 2 is 2.14 bits per heavy atom. The second kappa shape index (κ2) is 5.97. The lowest BCUT2D eigenvalue weighted by atomic mass is 10.1. The number of methoxy groups -OCH3 is 1. The van der Waals surface area contributed by atoms with Crippen LogP contribution in [0.3, 0.4) is 0 Å². The Morgan fingerprint density at radius 3 is 2.76 bits per heavy atom. The highest BCUT2D eigenvalue weighted by Gasteiger charge is 2.25. The summed E-state index contributed by atoms with van der Waals surface area (Å²) < 4.78 is 19.2. The molecular weight excluding hydrogens is 308 g/mol. The zero-order chi connectivity index (χ0) is 15.0. The number of aromatic nitrogens is 2. The number of hydrogen-bond donors (Lipinski definition) is 0. The first-order valence-electron chi connectivity index (χ1n) is 7.15. The van der Waals surface area contributed by atoms with E-state index in [1.165, 1.54) is 0 Å². The molecule has 0 radical (unpaired) electrons. The maximum atomic E-state index is 11.6. The first-order chi connectivity index (χ1) is 10.1. The van der Waals surface area contributed by atoms with Gasteiger partial charge in [0.15, 0.2) is 0 Å². The van der Waals surface area contributed by atoms with Gasteiger partial charge in [0.25, 0.3) is 0 Å².